The highest BCUT2D eigenvalue weighted by atomic mass is 35.5. The van der Waals surface area contributed by atoms with Crippen molar-refractivity contribution in [3.05, 3.63) is 51.8 Å². The molecule has 3 aliphatic rings. The number of nitrogen functional groups attached to an aromatic ring is 2. The maximum absolute atomic E-state index is 13.2. The lowest BCUT2D eigenvalue weighted by Gasteiger charge is -2.39. The van der Waals surface area contributed by atoms with E-state index in [0.29, 0.717) is 38.4 Å². The molecular formula is C22H23ClN8O2. The van der Waals surface area contributed by atoms with Gasteiger partial charge in [-0.3, -0.25) is 19.9 Å². The van der Waals surface area contributed by atoms with Gasteiger partial charge in [-0.2, -0.15) is 0 Å². The van der Waals surface area contributed by atoms with E-state index in [1.54, 1.807) is 0 Å². The fourth-order valence-electron chi connectivity index (χ4n) is 4.48. The number of amides is 2. The van der Waals surface area contributed by atoms with Gasteiger partial charge in [0, 0.05) is 18.7 Å². The van der Waals surface area contributed by atoms with Gasteiger partial charge in [-0.05, 0) is 36.5 Å². The standard InChI is InChI=1S/C22H23ClN8O2/c23-16-18(25)28-17(24)15(27-16)19(32)29-21-26-11-22(30-21)7-9-31(10-8-22)20(33)14-6-2-4-12-3-1-5-13(12)14/h1-2,4-6H,3,7-11H2,(H4,24,25,28)(H2,26,29,30,32). The summed E-state index contributed by atoms with van der Waals surface area (Å²) < 4.78 is 0. The Hall–Kier alpha value is -3.66. The van der Waals surface area contributed by atoms with E-state index >= 15 is 0 Å². The number of anilines is 2. The zero-order chi connectivity index (χ0) is 23.2. The molecule has 10 nitrogen and oxygen atoms in total. The zero-order valence-corrected chi connectivity index (χ0v) is 18.5. The molecule has 170 valence electrons. The first-order valence-electron chi connectivity index (χ1n) is 10.7. The number of rotatable bonds is 2. The molecule has 1 aliphatic carbocycles. The van der Waals surface area contributed by atoms with Crippen LogP contribution in [0, 0.1) is 0 Å². The molecule has 1 fully saturated rings. The lowest BCUT2D eigenvalue weighted by molar-refractivity contribution is 0.0668. The van der Waals surface area contributed by atoms with Gasteiger partial charge in [0.1, 0.15) is 0 Å². The molecule has 2 aliphatic heterocycles. The van der Waals surface area contributed by atoms with Crippen molar-refractivity contribution in [1.29, 1.82) is 0 Å². The lowest BCUT2D eigenvalue weighted by Crippen LogP contribution is -2.57. The summed E-state index contributed by atoms with van der Waals surface area (Å²) in [4.78, 5) is 39.8. The molecule has 6 N–H and O–H groups in total. The molecule has 33 heavy (non-hydrogen) atoms. The average Bonchev–Trinajstić information content (AvgIpc) is 3.43. The molecule has 0 saturated carbocycles. The van der Waals surface area contributed by atoms with E-state index in [-0.39, 0.29) is 33.9 Å². The van der Waals surface area contributed by atoms with Gasteiger partial charge >= 0.3 is 0 Å². The highest BCUT2D eigenvalue weighted by molar-refractivity contribution is 6.31. The number of benzene rings is 1. The van der Waals surface area contributed by atoms with Crippen molar-refractivity contribution in [2.45, 2.75) is 24.8 Å². The number of allylic oxidation sites excluding steroid dienone is 1. The number of carbonyl (C=O) groups excluding carboxylic acids is 2. The number of carbonyl (C=O) groups is 2. The summed E-state index contributed by atoms with van der Waals surface area (Å²) in [7, 11) is 0. The van der Waals surface area contributed by atoms with Crippen LogP contribution in [-0.4, -0.2) is 57.8 Å². The van der Waals surface area contributed by atoms with Gasteiger partial charge in [-0.1, -0.05) is 35.9 Å². The SMILES string of the molecule is Nc1nc(N)c(C(=O)NC2=NCC3(CCN(C(=O)c4cccc5c4C=CC5)CC3)N2)nc1Cl. The van der Waals surface area contributed by atoms with Crippen molar-refractivity contribution >= 4 is 47.1 Å². The molecule has 2 amide bonds. The number of hydrogen-bond acceptors (Lipinski definition) is 8. The van der Waals surface area contributed by atoms with E-state index in [4.69, 9.17) is 23.1 Å². The van der Waals surface area contributed by atoms with Gasteiger partial charge in [0.15, 0.2) is 28.4 Å². The Bertz CT molecular complexity index is 1220. The average molecular weight is 467 g/mol. The van der Waals surface area contributed by atoms with Gasteiger partial charge in [0.05, 0.1) is 12.1 Å². The Morgan fingerprint density at radius 2 is 1.94 bits per heavy atom. The van der Waals surface area contributed by atoms with Crippen LogP contribution < -0.4 is 22.1 Å². The number of halogens is 1. The fourth-order valence-corrected chi connectivity index (χ4v) is 4.60. The molecule has 1 spiro atoms. The molecule has 1 saturated heterocycles. The third kappa shape index (κ3) is 3.86. The van der Waals surface area contributed by atoms with Gasteiger partial charge in [-0.15, -0.1) is 0 Å². The van der Waals surface area contributed by atoms with Crippen molar-refractivity contribution in [1.82, 2.24) is 25.5 Å². The Morgan fingerprint density at radius 3 is 2.73 bits per heavy atom. The van der Waals surface area contributed by atoms with Gasteiger partial charge in [0.2, 0.25) is 0 Å². The molecule has 0 radical (unpaired) electrons. The first-order valence-corrected chi connectivity index (χ1v) is 11.0. The second-order valence-corrected chi connectivity index (χ2v) is 8.79. The van der Waals surface area contributed by atoms with E-state index in [2.05, 4.69) is 37.7 Å². The van der Waals surface area contributed by atoms with Crippen LogP contribution in [0.25, 0.3) is 6.08 Å². The summed E-state index contributed by atoms with van der Waals surface area (Å²) in [6.45, 7) is 1.70. The Kier molecular flexibility index (Phi) is 5.16. The molecule has 1 aromatic heterocycles. The molecule has 11 heteroatoms. The first-order chi connectivity index (χ1) is 15.8. The minimum atomic E-state index is -0.580. The van der Waals surface area contributed by atoms with Crippen LogP contribution in [0.5, 0.6) is 0 Å². The van der Waals surface area contributed by atoms with Gasteiger partial charge in [0.25, 0.3) is 11.8 Å². The van der Waals surface area contributed by atoms with E-state index in [0.717, 1.165) is 17.5 Å². The second kappa shape index (κ2) is 8.04. The van der Waals surface area contributed by atoms with Crippen molar-refractivity contribution < 1.29 is 9.59 Å². The molecule has 1 aromatic carbocycles. The fraction of sp³-hybridized carbons (Fsp3) is 0.318. The number of aliphatic imine (C=N–C) groups is 1. The third-order valence-corrected chi connectivity index (χ3v) is 6.61. The maximum atomic E-state index is 13.2. The number of piperidine rings is 1. The monoisotopic (exact) mass is 466 g/mol. The normalized spacial score (nSPS) is 18.1. The number of hydrogen-bond donors (Lipinski definition) is 4. The third-order valence-electron chi connectivity index (χ3n) is 6.33. The quantitative estimate of drug-likeness (QED) is 0.519. The molecule has 3 heterocycles. The summed E-state index contributed by atoms with van der Waals surface area (Å²) in [5.41, 5.74) is 13.8. The first kappa shape index (κ1) is 21.2. The predicted molar refractivity (Wildman–Crippen MR) is 126 cm³/mol. The van der Waals surface area contributed by atoms with Crippen LogP contribution in [0.4, 0.5) is 11.6 Å². The van der Waals surface area contributed by atoms with Gasteiger partial charge < -0.3 is 21.7 Å². The Morgan fingerprint density at radius 1 is 1.15 bits per heavy atom. The van der Waals surface area contributed by atoms with Crippen LogP contribution >= 0.6 is 11.6 Å². The van der Waals surface area contributed by atoms with E-state index in [1.165, 1.54) is 5.56 Å². The van der Waals surface area contributed by atoms with Crippen molar-refractivity contribution in [3.63, 3.8) is 0 Å². The van der Waals surface area contributed by atoms with Crippen LogP contribution in [0.2, 0.25) is 5.15 Å². The number of fused-ring (bicyclic) bond motifs is 1. The minimum absolute atomic E-state index is 0.0428. The van der Waals surface area contributed by atoms with Crippen LogP contribution in [0.3, 0.4) is 0 Å². The number of aromatic nitrogens is 2. The van der Waals surface area contributed by atoms with Crippen LogP contribution in [0.1, 0.15) is 44.8 Å². The molecule has 5 rings (SSSR count). The largest absolute Gasteiger partial charge is 0.382 e. The topological polar surface area (TPSA) is 152 Å². The zero-order valence-electron chi connectivity index (χ0n) is 17.8. The van der Waals surface area contributed by atoms with Gasteiger partial charge in [-0.25, -0.2) is 9.97 Å². The van der Waals surface area contributed by atoms with Crippen molar-refractivity contribution in [2.75, 3.05) is 31.1 Å². The maximum Gasteiger partial charge on any atom is 0.280 e. The minimum Gasteiger partial charge on any atom is -0.382 e. The van der Waals surface area contributed by atoms with E-state index in [9.17, 15) is 9.59 Å². The van der Waals surface area contributed by atoms with E-state index in [1.807, 2.05) is 23.1 Å². The van der Waals surface area contributed by atoms with Crippen molar-refractivity contribution in [2.24, 2.45) is 4.99 Å². The molecule has 2 aromatic rings. The van der Waals surface area contributed by atoms with Crippen LogP contribution in [0.15, 0.2) is 29.3 Å². The van der Waals surface area contributed by atoms with E-state index < -0.39 is 5.91 Å². The molecular weight excluding hydrogens is 444 g/mol. The summed E-state index contributed by atoms with van der Waals surface area (Å²) >= 11 is 5.86. The summed E-state index contributed by atoms with van der Waals surface area (Å²) in [6, 6.07) is 5.89. The number of nitrogens with one attached hydrogen (secondary N) is 2. The highest BCUT2D eigenvalue weighted by Gasteiger charge is 2.40. The smallest absolute Gasteiger partial charge is 0.280 e. The summed E-state index contributed by atoms with van der Waals surface area (Å²) in [5.74, 6) is -0.353. The Balaban J connectivity index is 1.20. The number of nitrogens with two attached hydrogens (primary N) is 2. The number of nitrogens with zero attached hydrogens (tertiary/aromatic N) is 4. The highest BCUT2D eigenvalue weighted by Crippen LogP contribution is 2.29. The summed E-state index contributed by atoms with van der Waals surface area (Å²) in [6.07, 6.45) is 6.40. The second-order valence-electron chi connectivity index (χ2n) is 8.43. The van der Waals surface area contributed by atoms with Crippen LogP contribution in [-0.2, 0) is 6.42 Å². The summed E-state index contributed by atoms with van der Waals surface area (Å²) in [5, 5.41) is 5.89. The predicted octanol–water partition coefficient (Wildman–Crippen LogP) is 1.23. The number of likely N-dealkylation sites (tertiary alicyclic amines) is 1. The number of guanidine groups is 1. The molecule has 0 atom stereocenters. The lowest BCUT2D eigenvalue weighted by atomic mass is 9.88. The Labute approximate surface area is 195 Å². The van der Waals surface area contributed by atoms with Crippen molar-refractivity contribution in [3.8, 4) is 0 Å². The molecule has 0 bridgehead atoms. The molecule has 0 unspecified atom stereocenters.